The smallest absolute Gasteiger partial charge is 0.273 e. The summed E-state index contributed by atoms with van der Waals surface area (Å²) < 4.78 is 5.79. The van der Waals surface area contributed by atoms with Crippen molar-refractivity contribution in [2.24, 2.45) is 0 Å². The van der Waals surface area contributed by atoms with Gasteiger partial charge in [0.05, 0.1) is 23.1 Å². The number of ether oxygens (including phenoxy) is 1. The molecule has 0 radical (unpaired) electrons. The van der Waals surface area contributed by atoms with Crippen LogP contribution >= 0.6 is 15.9 Å². The zero-order valence-corrected chi connectivity index (χ0v) is 16.7. The van der Waals surface area contributed by atoms with E-state index >= 15 is 0 Å². The van der Waals surface area contributed by atoms with E-state index < -0.39 is 5.56 Å². The van der Waals surface area contributed by atoms with Gasteiger partial charge in [0.25, 0.3) is 11.5 Å². The molecule has 11 nitrogen and oxygen atoms in total. The van der Waals surface area contributed by atoms with Gasteiger partial charge in [0, 0.05) is 24.9 Å². The van der Waals surface area contributed by atoms with Gasteiger partial charge in [-0.1, -0.05) is 0 Å². The summed E-state index contributed by atoms with van der Waals surface area (Å²) in [6.45, 7) is 1.99. The minimum absolute atomic E-state index is 0.101. The molecule has 3 aromatic heterocycles. The highest BCUT2D eigenvalue weighted by atomic mass is 79.9. The third kappa shape index (κ3) is 3.47. The number of nitrogen functional groups attached to an aromatic ring is 1. The molecule has 12 heteroatoms. The molecule has 0 aromatic carbocycles. The number of carbonyl (C=O) groups is 1. The maximum Gasteiger partial charge on any atom is 0.273 e. The Kier molecular flexibility index (Phi) is 5.03. The first-order valence-corrected chi connectivity index (χ1v) is 9.48. The molecule has 29 heavy (non-hydrogen) atoms. The molecule has 6 N–H and O–H groups in total. The minimum Gasteiger partial charge on any atom is -0.385 e. The summed E-state index contributed by atoms with van der Waals surface area (Å²) in [6.07, 6.45) is 2.36. The van der Waals surface area contributed by atoms with Gasteiger partial charge in [-0.25, -0.2) is 9.97 Å². The van der Waals surface area contributed by atoms with Crippen LogP contribution in [-0.2, 0) is 4.74 Å². The van der Waals surface area contributed by atoms with E-state index in [1.165, 1.54) is 12.4 Å². The molecule has 0 atom stereocenters. The number of carbonyl (C=O) groups excluding carboxylic acids is 1. The van der Waals surface area contributed by atoms with E-state index in [0.717, 1.165) is 6.21 Å². The molecule has 1 saturated heterocycles. The second-order valence-electron chi connectivity index (χ2n) is 6.31. The number of fused-ring (bicyclic) bond motifs is 1. The lowest BCUT2D eigenvalue weighted by Crippen LogP contribution is -2.40. The third-order valence-electron chi connectivity index (χ3n) is 4.55. The van der Waals surface area contributed by atoms with E-state index in [9.17, 15) is 9.59 Å². The first kappa shape index (κ1) is 19.1. The summed E-state index contributed by atoms with van der Waals surface area (Å²) >= 11 is 3.47. The van der Waals surface area contributed by atoms with Crippen LogP contribution in [0.15, 0.2) is 21.7 Å². The Labute approximate surface area is 172 Å². The Morgan fingerprint density at radius 1 is 1.34 bits per heavy atom. The number of nitrogens with two attached hydrogens (primary N) is 1. The van der Waals surface area contributed by atoms with Gasteiger partial charge in [0.15, 0.2) is 0 Å². The predicted octanol–water partition coefficient (Wildman–Crippen LogP) is 1.20. The molecule has 4 rings (SSSR count). The Morgan fingerprint density at radius 2 is 2.10 bits per heavy atom. The summed E-state index contributed by atoms with van der Waals surface area (Å²) in [6, 6.07) is 1.45. The van der Waals surface area contributed by atoms with Crippen LogP contribution < -0.4 is 16.6 Å². The van der Waals surface area contributed by atoms with Crippen molar-refractivity contribution in [1.29, 1.82) is 5.41 Å². The highest BCUT2D eigenvalue weighted by Gasteiger charge is 2.25. The molecule has 4 heterocycles. The summed E-state index contributed by atoms with van der Waals surface area (Å²) in [5.41, 5.74) is 6.52. The van der Waals surface area contributed by atoms with Gasteiger partial charge >= 0.3 is 0 Å². The first-order chi connectivity index (χ1) is 14.0. The number of morpholine rings is 1. The fourth-order valence-electron chi connectivity index (χ4n) is 3.05. The lowest BCUT2D eigenvalue weighted by atomic mass is 10.2. The second-order valence-corrected chi connectivity index (χ2v) is 7.11. The number of rotatable bonds is 4. The van der Waals surface area contributed by atoms with Gasteiger partial charge in [-0.15, -0.1) is 0 Å². The van der Waals surface area contributed by atoms with Gasteiger partial charge in [-0.2, -0.15) is 0 Å². The van der Waals surface area contributed by atoms with Crippen molar-refractivity contribution < 1.29 is 9.53 Å². The molecule has 1 aliphatic rings. The van der Waals surface area contributed by atoms with Crippen molar-refractivity contribution >= 4 is 56.4 Å². The van der Waals surface area contributed by atoms with Crippen LogP contribution in [-0.4, -0.2) is 63.3 Å². The number of anilines is 3. The molecule has 0 saturated carbocycles. The number of nitrogens with one attached hydrogen (secondary N) is 4. The summed E-state index contributed by atoms with van der Waals surface area (Å²) in [5.74, 6) is 0.246. The number of hydrogen-bond donors (Lipinski definition) is 5. The average Bonchev–Trinajstić information content (AvgIpc) is 3.07. The molecule has 150 valence electrons. The van der Waals surface area contributed by atoms with Crippen LogP contribution in [0.3, 0.4) is 0 Å². The topological polar surface area (TPSA) is 166 Å². The number of pyridine rings is 1. The number of hydrogen-bond acceptors (Lipinski definition) is 8. The molecule has 1 amide bonds. The lowest BCUT2D eigenvalue weighted by molar-refractivity contribution is 0.0299. The number of H-pyrrole nitrogens is 2. The van der Waals surface area contributed by atoms with Crippen LogP contribution in [0.1, 0.15) is 16.1 Å². The van der Waals surface area contributed by atoms with Gasteiger partial charge in [-0.05, 0) is 22.0 Å². The predicted molar refractivity (Wildman–Crippen MR) is 111 cm³/mol. The SMILES string of the molecule is N=Cc1cc(Nc2ncnc3[nH]c(C(=O)N4CCOCC4)c(Br)c23)c(=O)[nH]c1N. The summed E-state index contributed by atoms with van der Waals surface area (Å²) in [4.78, 5) is 40.7. The molecule has 0 aliphatic carbocycles. The molecule has 0 unspecified atom stereocenters. The van der Waals surface area contributed by atoms with E-state index in [2.05, 4.69) is 41.2 Å². The van der Waals surface area contributed by atoms with E-state index in [4.69, 9.17) is 15.9 Å². The van der Waals surface area contributed by atoms with Crippen molar-refractivity contribution in [1.82, 2.24) is 24.8 Å². The highest BCUT2D eigenvalue weighted by molar-refractivity contribution is 9.10. The minimum atomic E-state index is -0.462. The van der Waals surface area contributed by atoms with Gasteiger partial charge in [-0.3, -0.25) is 9.59 Å². The van der Waals surface area contributed by atoms with E-state index in [1.807, 2.05) is 0 Å². The maximum absolute atomic E-state index is 12.9. The summed E-state index contributed by atoms with van der Waals surface area (Å²) in [7, 11) is 0. The Hall–Kier alpha value is -3.25. The summed E-state index contributed by atoms with van der Waals surface area (Å²) in [5, 5.41) is 10.9. The Balaban J connectivity index is 1.75. The molecule has 0 bridgehead atoms. The van der Waals surface area contributed by atoms with Crippen molar-refractivity contribution in [2.75, 3.05) is 37.4 Å². The third-order valence-corrected chi connectivity index (χ3v) is 5.35. The molecular weight excluding hydrogens is 444 g/mol. The number of halogens is 1. The van der Waals surface area contributed by atoms with E-state index in [0.29, 0.717) is 58.9 Å². The normalized spacial score (nSPS) is 14.2. The van der Waals surface area contributed by atoms with Crippen LogP contribution in [0.2, 0.25) is 0 Å². The molecule has 3 aromatic rings. The van der Waals surface area contributed by atoms with Gasteiger partial charge in [0.1, 0.15) is 35.0 Å². The number of amides is 1. The molecular formula is C17H17BrN8O3. The van der Waals surface area contributed by atoms with Crippen LogP contribution in [0, 0.1) is 5.41 Å². The van der Waals surface area contributed by atoms with Crippen LogP contribution in [0.4, 0.5) is 17.3 Å². The largest absolute Gasteiger partial charge is 0.385 e. The fraction of sp³-hybridized carbons (Fsp3) is 0.235. The Bertz CT molecular complexity index is 1170. The second kappa shape index (κ2) is 7.64. The van der Waals surface area contributed by atoms with Crippen molar-refractivity contribution in [2.45, 2.75) is 0 Å². The van der Waals surface area contributed by atoms with E-state index in [1.54, 1.807) is 4.90 Å². The monoisotopic (exact) mass is 460 g/mol. The van der Waals surface area contributed by atoms with Crippen molar-refractivity contribution in [3.05, 3.63) is 38.5 Å². The van der Waals surface area contributed by atoms with Crippen LogP contribution in [0.5, 0.6) is 0 Å². The average molecular weight is 461 g/mol. The molecule has 0 spiro atoms. The zero-order chi connectivity index (χ0) is 20.5. The first-order valence-electron chi connectivity index (χ1n) is 8.69. The number of aromatic nitrogens is 4. The standard InChI is InChI=1S/C17H17BrN8O3/c18-11-10-14(23-9-5-8(6-19)13(20)25-16(9)27)21-7-22-15(10)24-12(11)17(28)26-1-3-29-4-2-26/h5-7,19H,1-4H2,(H3,20,25,27)(H2,21,22,23,24). The highest BCUT2D eigenvalue weighted by Crippen LogP contribution is 2.33. The molecule has 1 aliphatic heterocycles. The van der Waals surface area contributed by atoms with Crippen molar-refractivity contribution in [3.8, 4) is 0 Å². The number of aromatic amines is 2. The quantitative estimate of drug-likeness (QED) is 0.364. The van der Waals surface area contributed by atoms with Crippen LogP contribution in [0.25, 0.3) is 11.0 Å². The van der Waals surface area contributed by atoms with Gasteiger partial charge < -0.3 is 36.1 Å². The number of nitrogens with zero attached hydrogens (tertiary/aromatic N) is 3. The van der Waals surface area contributed by atoms with Crippen molar-refractivity contribution in [3.63, 3.8) is 0 Å². The van der Waals surface area contributed by atoms with Gasteiger partial charge in [0.2, 0.25) is 0 Å². The lowest BCUT2D eigenvalue weighted by Gasteiger charge is -2.26. The maximum atomic E-state index is 12.9. The van der Waals surface area contributed by atoms with E-state index in [-0.39, 0.29) is 17.4 Å². The zero-order valence-electron chi connectivity index (χ0n) is 15.1. The molecule has 1 fully saturated rings. The fourth-order valence-corrected chi connectivity index (χ4v) is 3.70. The Morgan fingerprint density at radius 3 is 2.83 bits per heavy atom.